The number of alkyl halides is 5. The van der Waals surface area contributed by atoms with Gasteiger partial charge in [-0.05, 0) is 41.6 Å². The number of thiophene rings is 1. The molecule has 0 saturated carbocycles. The first-order valence-corrected chi connectivity index (χ1v) is 12.1. The minimum Gasteiger partial charge on any atom is -0.495 e. The van der Waals surface area contributed by atoms with Gasteiger partial charge in [0.1, 0.15) is 11.8 Å². The number of anilines is 1. The van der Waals surface area contributed by atoms with Gasteiger partial charge in [-0.2, -0.15) is 13.2 Å². The summed E-state index contributed by atoms with van der Waals surface area (Å²) in [5, 5.41) is -0.695. The smallest absolute Gasteiger partial charge is 0.446 e. The fourth-order valence-electron chi connectivity index (χ4n) is 3.35. The number of methoxy groups -OCH3 is 1. The number of hydrogen-bond donors (Lipinski definition) is 1. The number of rotatable bonds is 9. The molecule has 0 aliphatic rings. The highest BCUT2D eigenvalue weighted by molar-refractivity contribution is 7.10. The molecule has 1 N–H and O–H groups in total. The van der Waals surface area contributed by atoms with E-state index in [9.17, 15) is 27.2 Å². The number of amides is 2. The molecule has 0 aliphatic carbocycles. The molecule has 3 aromatic rings. The fourth-order valence-corrected chi connectivity index (χ4v) is 4.51. The zero-order chi connectivity index (χ0) is 26.5. The first-order valence-electron chi connectivity index (χ1n) is 10.4. The number of hydrogen-bond acceptors (Lipinski definition) is 4. The zero-order valence-corrected chi connectivity index (χ0v) is 21.0. The number of carbonyl (C=O) groups is 2. The van der Waals surface area contributed by atoms with Crippen molar-refractivity contribution >= 4 is 52.0 Å². The van der Waals surface area contributed by atoms with E-state index in [1.165, 1.54) is 25.3 Å². The Kier molecular flexibility index (Phi) is 8.86. The van der Waals surface area contributed by atoms with Gasteiger partial charge in [0.2, 0.25) is 5.91 Å². The molecule has 0 fully saturated rings. The second kappa shape index (κ2) is 11.5. The molecule has 2 atom stereocenters. The number of nitrogens with one attached hydrogen (secondary N) is 1. The van der Waals surface area contributed by atoms with Crippen LogP contribution in [0, 0.1) is 0 Å². The molecule has 192 valence electrons. The number of carbonyl (C=O) groups excluding carboxylic acids is 2. The van der Waals surface area contributed by atoms with Crippen LogP contribution in [0.5, 0.6) is 5.75 Å². The van der Waals surface area contributed by atoms with Crippen molar-refractivity contribution in [3.63, 3.8) is 0 Å². The maximum Gasteiger partial charge on any atom is 0.446 e. The molecule has 1 heterocycles. The molecule has 2 amide bonds. The molecule has 3 rings (SSSR count). The van der Waals surface area contributed by atoms with E-state index in [0.717, 1.165) is 23.0 Å². The molecular formula is C24H20Cl2F4N2O3S. The van der Waals surface area contributed by atoms with E-state index in [1.54, 1.807) is 11.4 Å². The first kappa shape index (κ1) is 27.8. The van der Waals surface area contributed by atoms with Crippen LogP contribution in [0.2, 0.25) is 5.02 Å². The zero-order valence-electron chi connectivity index (χ0n) is 18.7. The van der Waals surface area contributed by atoms with Gasteiger partial charge in [-0.3, -0.25) is 14.5 Å². The van der Waals surface area contributed by atoms with Crippen LogP contribution in [0.15, 0.2) is 66.0 Å². The standard InChI is InChI=1S/C24H20Cl2F4N2O3S/c1-35-18-10-9-16(14-17(18)25)32(22(34)23(26,27)24(28,29)30)20(19-8-5-13-36-19)21(33)31-12-11-15-6-3-2-4-7-15/h2-10,13-14,20H,11-12H2,1H3,(H,31,33). The minimum absolute atomic E-state index is 0.0757. The van der Waals surface area contributed by atoms with Gasteiger partial charge in [0, 0.05) is 17.1 Å². The van der Waals surface area contributed by atoms with E-state index in [0.29, 0.717) is 11.3 Å². The maximum absolute atomic E-state index is 14.8. The van der Waals surface area contributed by atoms with Crippen LogP contribution < -0.4 is 15.0 Å². The minimum atomic E-state index is -5.76. The van der Waals surface area contributed by atoms with Crippen molar-refractivity contribution in [1.82, 2.24) is 5.32 Å². The second-order valence-corrected chi connectivity index (χ2v) is 9.42. The number of halogens is 6. The van der Waals surface area contributed by atoms with Crippen LogP contribution in [0.1, 0.15) is 16.5 Å². The van der Waals surface area contributed by atoms with Crippen molar-refractivity contribution in [1.29, 1.82) is 0 Å². The van der Waals surface area contributed by atoms with Crippen molar-refractivity contribution in [3.8, 4) is 5.75 Å². The molecule has 12 heteroatoms. The summed E-state index contributed by atoms with van der Waals surface area (Å²) in [5.41, 5.74) is 0.621. The van der Waals surface area contributed by atoms with Gasteiger partial charge in [-0.1, -0.05) is 59.6 Å². The Morgan fingerprint density at radius 1 is 1.08 bits per heavy atom. The van der Waals surface area contributed by atoms with Crippen LogP contribution in [-0.2, 0) is 16.0 Å². The molecule has 2 aromatic carbocycles. The predicted molar refractivity (Wildman–Crippen MR) is 131 cm³/mol. The molecule has 5 nitrogen and oxygen atoms in total. The number of ether oxygens (including phenoxy) is 1. The Morgan fingerprint density at radius 2 is 1.78 bits per heavy atom. The van der Waals surface area contributed by atoms with E-state index in [2.05, 4.69) is 5.32 Å². The molecule has 0 spiro atoms. The number of benzene rings is 2. The molecule has 0 saturated heterocycles. The third kappa shape index (κ3) is 6.11. The SMILES string of the molecule is COc1ccc(N(C(=O)C(F)(Cl)C(F)(F)F)C(C(=O)NCCc2ccccc2)c2cccs2)cc1Cl. The normalized spacial score (nSPS) is 14.0. The van der Waals surface area contributed by atoms with Crippen molar-refractivity contribution in [2.75, 3.05) is 18.6 Å². The summed E-state index contributed by atoms with van der Waals surface area (Å²) in [7, 11) is 1.31. The van der Waals surface area contributed by atoms with Crippen molar-refractivity contribution in [3.05, 3.63) is 81.5 Å². The summed E-state index contributed by atoms with van der Waals surface area (Å²) in [4.78, 5) is 26.9. The third-order valence-corrected chi connectivity index (χ3v) is 6.73. The van der Waals surface area contributed by atoms with Gasteiger partial charge >= 0.3 is 11.3 Å². The predicted octanol–water partition coefficient (Wildman–Crippen LogP) is 6.31. The van der Waals surface area contributed by atoms with Gasteiger partial charge in [0.15, 0.2) is 0 Å². The van der Waals surface area contributed by atoms with Crippen molar-refractivity contribution < 1.29 is 31.9 Å². The van der Waals surface area contributed by atoms with Gasteiger partial charge in [-0.25, -0.2) is 4.39 Å². The van der Waals surface area contributed by atoms with Gasteiger partial charge < -0.3 is 10.1 Å². The Hall–Kier alpha value is -2.82. The molecule has 0 bridgehead atoms. The quantitative estimate of drug-likeness (QED) is 0.245. The Balaban J connectivity index is 2.04. The van der Waals surface area contributed by atoms with Gasteiger partial charge in [0.05, 0.1) is 12.1 Å². The fraction of sp³-hybridized carbons (Fsp3) is 0.250. The van der Waals surface area contributed by atoms with E-state index in [-0.39, 0.29) is 27.9 Å². The average Bonchev–Trinajstić information content (AvgIpc) is 3.36. The molecule has 2 unspecified atom stereocenters. The van der Waals surface area contributed by atoms with Crippen LogP contribution in [0.25, 0.3) is 0 Å². The summed E-state index contributed by atoms with van der Waals surface area (Å²) < 4.78 is 60.2. The van der Waals surface area contributed by atoms with Crippen LogP contribution in [0.3, 0.4) is 0 Å². The molecule has 36 heavy (non-hydrogen) atoms. The second-order valence-electron chi connectivity index (χ2n) is 7.51. The van der Waals surface area contributed by atoms with Crippen molar-refractivity contribution in [2.24, 2.45) is 0 Å². The highest BCUT2D eigenvalue weighted by Crippen LogP contribution is 2.43. The summed E-state index contributed by atoms with van der Waals surface area (Å²) in [6.07, 6.45) is -5.35. The van der Waals surface area contributed by atoms with Gasteiger partial charge in [0.25, 0.3) is 5.91 Å². The lowest BCUT2D eigenvalue weighted by Gasteiger charge is -2.34. The molecular weight excluding hydrogens is 543 g/mol. The van der Waals surface area contributed by atoms with Crippen molar-refractivity contribution in [2.45, 2.75) is 23.8 Å². The third-order valence-electron chi connectivity index (χ3n) is 5.13. The van der Waals surface area contributed by atoms with E-state index < -0.39 is 29.2 Å². The highest BCUT2D eigenvalue weighted by atomic mass is 35.5. The lowest BCUT2D eigenvalue weighted by molar-refractivity contribution is -0.199. The Bertz CT molecular complexity index is 1190. The summed E-state index contributed by atoms with van der Waals surface area (Å²) in [6, 6.07) is 14.0. The summed E-state index contributed by atoms with van der Waals surface area (Å²) in [5.74, 6) is -2.86. The van der Waals surface area contributed by atoms with Crippen LogP contribution in [-0.4, -0.2) is 36.8 Å². The van der Waals surface area contributed by atoms with E-state index in [1.807, 2.05) is 30.3 Å². The van der Waals surface area contributed by atoms with Gasteiger partial charge in [-0.15, -0.1) is 11.3 Å². The summed E-state index contributed by atoms with van der Waals surface area (Å²) >= 11 is 12.3. The Labute approximate surface area is 218 Å². The highest BCUT2D eigenvalue weighted by Gasteiger charge is 2.63. The average molecular weight is 563 g/mol. The molecule has 0 radical (unpaired) electrons. The monoisotopic (exact) mass is 562 g/mol. The first-order chi connectivity index (χ1) is 17.0. The lowest BCUT2D eigenvalue weighted by atomic mass is 10.1. The largest absolute Gasteiger partial charge is 0.495 e. The summed E-state index contributed by atoms with van der Waals surface area (Å²) in [6.45, 7) is 0.108. The van der Waals surface area contributed by atoms with Crippen LogP contribution in [0.4, 0.5) is 23.2 Å². The maximum atomic E-state index is 14.8. The molecule has 0 aliphatic heterocycles. The topological polar surface area (TPSA) is 58.6 Å². The van der Waals surface area contributed by atoms with Crippen LogP contribution >= 0.6 is 34.5 Å². The van der Waals surface area contributed by atoms with E-state index in [4.69, 9.17) is 27.9 Å². The lowest BCUT2D eigenvalue weighted by Crippen LogP contribution is -2.55. The molecule has 1 aromatic heterocycles. The number of nitrogens with zero attached hydrogens (tertiary/aromatic N) is 1. The Morgan fingerprint density at radius 3 is 2.33 bits per heavy atom. The van der Waals surface area contributed by atoms with E-state index >= 15 is 0 Å².